The largest absolute Gasteiger partial charge is 0.444 e. The van der Waals surface area contributed by atoms with E-state index in [2.05, 4.69) is 5.32 Å². The maximum absolute atomic E-state index is 12.0. The van der Waals surface area contributed by atoms with Crippen molar-refractivity contribution < 1.29 is 14.6 Å². The first-order valence-corrected chi connectivity index (χ1v) is 8.05. The zero-order chi connectivity index (χ0) is 16.3. The topological polar surface area (TPSA) is 58.6 Å². The number of aliphatic hydroxyl groups is 1. The van der Waals surface area contributed by atoms with Crippen LogP contribution in [0.2, 0.25) is 5.02 Å². The van der Waals surface area contributed by atoms with Crippen molar-refractivity contribution in [2.24, 2.45) is 0 Å². The van der Waals surface area contributed by atoms with E-state index in [0.29, 0.717) is 17.9 Å². The van der Waals surface area contributed by atoms with Gasteiger partial charge in [-0.3, -0.25) is 0 Å². The molecule has 1 aliphatic carbocycles. The van der Waals surface area contributed by atoms with Gasteiger partial charge in [0, 0.05) is 17.0 Å². The van der Waals surface area contributed by atoms with Crippen molar-refractivity contribution in [1.82, 2.24) is 5.32 Å². The minimum absolute atomic E-state index is 0.0422. The van der Waals surface area contributed by atoms with Gasteiger partial charge in [0.25, 0.3) is 0 Å². The highest BCUT2D eigenvalue weighted by Crippen LogP contribution is 2.34. The van der Waals surface area contributed by atoms with E-state index in [1.807, 2.05) is 45.0 Å². The Kier molecular flexibility index (Phi) is 5.35. The molecule has 1 fully saturated rings. The standard InChI is InChI=1S/C17H24ClNO3/c1-17(2,3)22-16(21)19-15-9-8-13(20)10-14(15)11-4-6-12(18)7-5-11/h4-7,13-15,20H,8-10H2,1-3H3,(H,19,21)/t13-,14-,15+/m0/s1. The Morgan fingerprint density at radius 1 is 1.27 bits per heavy atom. The van der Waals surface area contributed by atoms with E-state index in [1.165, 1.54) is 0 Å². The molecular formula is C17H24ClNO3. The van der Waals surface area contributed by atoms with Crippen molar-refractivity contribution in [1.29, 1.82) is 0 Å². The second-order valence-electron chi connectivity index (χ2n) is 6.88. The molecule has 0 bridgehead atoms. The Labute approximate surface area is 136 Å². The van der Waals surface area contributed by atoms with Crippen molar-refractivity contribution in [3.8, 4) is 0 Å². The predicted molar refractivity (Wildman–Crippen MR) is 87.2 cm³/mol. The number of carbonyl (C=O) groups is 1. The van der Waals surface area contributed by atoms with E-state index in [4.69, 9.17) is 16.3 Å². The highest BCUT2D eigenvalue weighted by atomic mass is 35.5. The summed E-state index contributed by atoms with van der Waals surface area (Å²) in [5, 5.41) is 13.6. The number of alkyl carbamates (subject to hydrolysis) is 1. The van der Waals surface area contributed by atoms with Crippen LogP contribution in [0.4, 0.5) is 4.79 Å². The van der Waals surface area contributed by atoms with Gasteiger partial charge in [-0.15, -0.1) is 0 Å². The van der Waals surface area contributed by atoms with Gasteiger partial charge < -0.3 is 15.2 Å². The maximum atomic E-state index is 12.0. The Balaban J connectivity index is 2.10. The van der Waals surface area contributed by atoms with Crippen LogP contribution in [-0.4, -0.2) is 28.9 Å². The first-order chi connectivity index (χ1) is 10.2. The number of carbonyl (C=O) groups excluding carboxylic acids is 1. The van der Waals surface area contributed by atoms with Crippen LogP contribution in [0.1, 0.15) is 51.5 Å². The fourth-order valence-electron chi connectivity index (χ4n) is 2.86. The van der Waals surface area contributed by atoms with Gasteiger partial charge in [0.2, 0.25) is 0 Å². The van der Waals surface area contributed by atoms with Crippen molar-refractivity contribution in [2.45, 2.75) is 63.7 Å². The number of nitrogens with one attached hydrogen (secondary N) is 1. The summed E-state index contributed by atoms with van der Waals surface area (Å²) in [6.45, 7) is 5.52. The number of hydrogen-bond donors (Lipinski definition) is 2. The van der Waals surface area contributed by atoms with Gasteiger partial charge in [-0.05, 0) is 57.7 Å². The lowest BCUT2D eigenvalue weighted by Crippen LogP contribution is -2.45. The van der Waals surface area contributed by atoms with E-state index in [9.17, 15) is 9.90 Å². The molecule has 2 N–H and O–H groups in total. The molecule has 0 aromatic heterocycles. The van der Waals surface area contributed by atoms with Crippen LogP contribution in [0.5, 0.6) is 0 Å². The molecule has 0 aliphatic heterocycles. The van der Waals surface area contributed by atoms with Gasteiger partial charge in [0.1, 0.15) is 5.60 Å². The summed E-state index contributed by atoms with van der Waals surface area (Å²) >= 11 is 5.93. The molecule has 22 heavy (non-hydrogen) atoms. The zero-order valence-electron chi connectivity index (χ0n) is 13.3. The Bertz CT molecular complexity index is 510. The number of amides is 1. The molecule has 1 aromatic rings. The molecule has 1 aliphatic rings. The molecule has 3 atom stereocenters. The molecular weight excluding hydrogens is 302 g/mol. The Hall–Kier alpha value is -1.26. The van der Waals surface area contributed by atoms with E-state index < -0.39 is 11.7 Å². The fourth-order valence-corrected chi connectivity index (χ4v) is 2.98. The number of halogens is 1. The third kappa shape index (κ3) is 4.89. The molecule has 0 spiro atoms. The molecule has 1 amide bonds. The quantitative estimate of drug-likeness (QED) is 0.868. The minimum Gasteiger partial charge on any atom is -0.444 e. The minimum atomic E-state index is -0.520. The molecule has 0 heterocycles. The van der Waals surface area contributed by atoms with Crippen LogP contribution in [0.15, 0.2) is 24.3 Å². The molecule has 1 aromatic carbocycles. The lowest BCUT2D eigenvalue weighted by molar-refractivity contribution is 0.0438. The molecule has 0 unspecified atom stereocenters. The lowest BCUT2D eigenvalue weighted by atomic mass is 9.78. The Morgan fingerprint density at radius 2 is 1.91 bits per heavy atom. The third-order valence-electron chi connectivity index (χ3n) is 3.82. The number of benzene rings is 1. The number of rotatable bonds is 2. The summed E-state index contributed by atoms with van der Waals surface area (Å²) in [7, 11) is 0. The zero-order valence-corrected chi connectivity index (χ0v) is 14.1. The summed E-state index contributed by atoms with van der Waals surface area (Å²) in [4.78, 5) is 12.0. The van der Waals surface area contributed by atoms with E-state index in [0.717, 1.165) is 12.0 Å². The molecule has 0 saturated heterocycles. The second kappa shape index (κ2) is 6.88. The van der Waals surface area contributed by atoms with Crippen LogP contribution in [0.25, 0.3) is 0 Å². The van der Waals surface area contributed by atoms with Crippen LogP contribution in [0, 0.1) is 0 Å². The normalized spacial score (nSPS) is 25.6. The SMILES string of the molecule is CC(C)(C)OC(=O)N[C@@H]1CC[C@H](O)C[C@H]1c1ccc(Cl)cc1. The summed E-state index contributed by atoms with van der Waals surface area (Å²) in [5.41, 5.74) is 0.554. The molecule has 122 valence electrons. The summed E-state index contributed by atoms with van der Waals surface area (Å²) in [6.07, 6.45) is 1.30. The summed E-state index contributed by atoms with van der Waals surface area (Å²) < 4.78 is 5.34. The first-order valence-electron chi connectivity index (χ1n) is 7.67. The predicted octanol–water partition coefficient (Wildman–Crippen LogP) is 3.86. The number of ether oxygens (including phenoxy) is 1. The molecule has 4 nitrogen and oxygen atoms in total. The third-order valence-corrected chi connectivity index (χ3v) is 4.07. The fraction of sp³-hybridized carbons (Fsp3) is 0.588. The van der Waals surface area contributed by atoms with Crippen molar-refractivity contribution in [3.63, 3.8) is 0 Å². The second-order valence-corrected chi connectivity index (χ2v) is 7.31. The average molecular weight is 326 g/mol. The lowest BCUT2D eigenvalue weighted by Gasteiger charge is -2.35. The van der Waals surface area contributed by atoms with Gasteiger partial charge in [0.05, 0.1) is 6.10 Å². The van der Waals surface area contributed by atoms with Gasteiger partial charge in [0.15, 0.2) is 0 Å². The molecule has 5 heteroatoms. The summed E-state index contributed by atoms with van der Waals surface area (Å²) in [5.74, 6) is 0.0635. The van der Waals surface area contributed by atoms with Crippen molar-refractivity contribution in [2.75, 3.05) is 0 Å². The van der Waals surface area contributed by atoms with Crippen LogP contribution in [-0.2, 0) is 4.74 Å². The monoisotopic (exact) mass is 325 g/mol. The van der Waals surface area contributed by atoms with E-state index in [-0.39, 0.29) is 18.1 Å². The molecule has 2 rings (SSSR count). The van der Waals surface area contributed by atoms with Crippen molar-refractivity contribution in [3.05, 3.63) is 34.9 Å². The number of hydrogen-bond acceptors (Lipinski definition) is 3. The first kappa shape index (κ1) is 17.1. The van der Waals surface area contributed by atoms with E-state index in [1.54, 1.807) is 0 Å². The van der Waals surface area contributed by atoms with Crippen molar-refractivity contribution >= 4 is 17.7 Å². The van der Waals surface area contributed by atoms with Gasteiger partial charge in [-0.25, -0.2) is 4.79 Å². The van der Waals surface area contributed by atoms with Crippen LogP contribution < -0.4 is 5.32 Å². The maximum Gasteiger partial charge on any atom is 0.407 e. The van der Waals surface area contributed by atoms with Gasteiger partial charge in [-0.2, -0.15) is 0 Å². The molecule has 0 radical (unpaired) electrons. The highest BCUT2D eigenvalue weighted by molar-refractivity contribution is 6.30. The average Bonchev–Trinajstić information content (AvgIpc) is 2.40. The van der Waals surface area contributed by atoms with Gasteiger partial charge >= 0.3 is 6.09 Å². The highest BCUT2D eigenvalue weighted by Gasteiger charge is 2.32. The smallest absolute Gasteiger partial charge is 0.407 e. The van der Waals surface area contributed by atoms with Crippen LogP contribution in [0.3, 0.4) is 0 Å². The number of aliphatic hydroxyl groups excluding tert-OH is 1. The van der Waals surface area contributed by atoms with Crippen LogP contribution >= 0.6 is 11.6 Å². The Morgan fingerprint density at radius 3 is 2.50 bits per heavy atom. The van der Waals surface area contributed by atoms with E-state index >= 15 is 0 Å². The van der Waals surface area contributed by atoms with Gasteiger partial charge in [-0.1, -0.05) is 23.7 Å². The summed E-state index contributed by atoms with van der Waals surface area (Å²) in [6, 6.07) is 7.54. The molecule has 1 saturated carbocycles.